The Morgan fingerprint density at radius 1 is 0.714 bits per heavy atom. The van der Waals surface area contributed by atoms with Crippen molar-refractivity contribution in [3.8, 4) is 5.75 Å². The van der Waals surface area contributed by atoms with Crippen LogP contribution in [0, 0.1) is 0 Å². The Morgan fingerprint density at radius 2 is 1.34 bits per heavy atom. The molecule has 0 spiro atoms. The summed E-state index contributed by atoms with van der Waals surface area (Å²) in [6.45, 7) is 1.23. The fourth-order valence-electron chi connectivity index (χ4n) is 4.60. The number of para-hydroxylation sites is 2. The molecule has 1 amide bonds. The van der Waals surface area contributed by atoms with Gasteiger partial charge in [0.15, 0.2) is 0 Å². The summed E-state index contributed by atoms with van der Waals surface area (Å²) in [7, 11) is 0. The average Bonchev–Trinajstić information content (AvgIpc) is 2.92. The minimum Gasteiger partial charge on any atom is -0.493 e. The maximum Gasteiger partial charge on any atom is 0.257 e. The van der Waals surface area contributed by atoms with Crippen molar-refractivity contribution in [1.29, 1.82) is 0 Å². The van der Waals surface area contributed by atoms with Crippen LogP contribution >= 0.6 is 0 Å². The van der Waals surface area contributed by atoms with Gasteiger partial charge < -0.3 is 15.0 Å². The third-order valence-electron chi connectivity index (χ3n) is 6.43. The normalized spacial score (nSPS) is 14.8. The monoisotopic (exact) mass is 462 g/mol. The molecule has 35 heavy (non-hydrogen) atoms. The minimum atomic E-state index is -0.300. The third kappa shape index (κ3) is 5.38. The summed E-state index contributed by atoms with van der Waals surface area (Å²) in [5.41, 5.74) is 5.06. The minimum absolute atomic E-state index is 0.0409. The zero-order valence-electron chi connectivity index (χ0n) is 19.8. The first-order valence-electron chi connectivity index (χ1n) is 12.3. The summed E-state index contributed by atoms with van der Waals surface area (Å²) in [6.07, 6.45) is 2.38. The summed E-state index contributed by atoms with van der Waals surface area (Å²) in [5.74, 6) is 0.856. The smallest absolute Gasteiger partial charge is 0.257 e. The maximum absolute atomic E-state index is 13.6. The van der Waals surface area contributed by atoms with Gasteiger partial charge in [0.2, 0.25) is 0 Å². The van der Waals surface area contributed by atoms with Crippen LogP contribution in [0.2, 0.25) is 0 Å². The molecule has 5 rings (SSSR count). The summed E-state index contributed by atoms with van der Waals surface area (Å²) in [5, 5.41) is 3.61. The quantitative estimate of drug-likeness (QED) is 0.288. The van der Waals surface area contributed by atoms with Crippen LogP contribution in [-0.4, -0.2) is 24.0 Å². The molecular formula is C31H30N2O2. The predicted molar refractivity (Wildman–Crippen MR) is 141 cm³/mol. The van der Waals surface area contributed by atoms with E-state index < -0.39 is 0 Å². The standard InChI is InChI=1S/C31H30N2O2/c34-31-26-17-7-9-19-28(26)32-30(33(31)22-21-25-14-5-2-6-15-25)27-18-8-10-20-29(27)35-23-11-16-24-12-3-1-4-13-24/h1-10,12-15,17-20,30,32H,11,16,21-23H2. The van der Waals surface area contributed by atoms with E-state index in [0.717, 1.165) is 36.3 Å². The van der Waals surface area contributed by atoms with E-state index in [-0.39, 0.29) is 12.1 Å². The van der Waals surface area contributed by atoms with E-state index in [2.05, 4.69) is 47.8 Å². The predicted octanol–water partition coefficient (Wildman–Crippen LogP) is 6.51. The molecule has 0 saturated carbocycles. The SMILES string of the molecule is O=C1c2ccccc2NC(c2ccccc2OCCCc2ccccc2)N1CCc1ccccc1. The van der Waals surface area contributed by atoms with Gasteiger partial charge in [0.05, 0.1) is 12.2 Å². The number of benzene rings is 4. The molecule has 0 aliphatic carbocycles. The van der Waals surface area contributed by atoms with E-state index in [1.165, 1.54) is 11.1 Å². The summed E-state index contributed by atoms with van der Waals surface area (Å²) < 4.78 is 6.27. The molecule has 4 heteroatoms. The van der Waals surface area contributed by atoms with Gasteiger partial charge >= 0.3 is 0 Å². The number of nitrogens with one attached hydrogen (secondary N) is 1. The fraction of sp³-hybridized carbons (Fsp3) is 0.194. The lowest BCUT2D eigenvalue weighted by atomic mass is 10.0. The zero-order valence-corrected chi connectivity index (χ0v) is 19.8. The lowest BCUT2D eigenvalue weighted by Crippen LogP contribution is -2.44. The fourth-order valence-corrected chi connectivity index (χ4v) is 4.60. The van der Waals surface area contributed by atoms with Crippen LogP contribution in [0.1, 0.15) is 39.6 Å². The second-order valence-electron chi connectivity index (χ2n) is 8.80. The number of anilines is 1. The van der Waals surface area contributed by atoms with Crippen molar-refractivity contribution in [2.75, 3.05) is 18.5 Å². The molecule has 1 aliphatic heterocycles. The number of fused-ring (bicyclic) bond motifs is 1. The van der Waals surface area contributed by atoms with Crippen molar-refractivity contribution >= 4 is 11.6 Å². The molecule has 1 unspecified atom stereocenters. The van der Waals surface area contributed by atoms with Crippen LogP contribution in [0.5, 0.6) is 5.75 Å². The average molecular weight is 463 g/mol. The number of aryl methyl sites for hydroxylation is 1. The van der Waals surface area contributed by atoms with Gasteiger partial charge in [0.25, 0.3) is 5.91 Å². The van der Waals surface area contributed by atoms with E-state index >= 15 is 0 Å². The Labute approximate surface area is 207 Å². The first kappa shape index (κ1) is 22.7. The van der Waals surface area contributed by atoms with E-state index in [4.69, 9.17) is 4.74 Å². The second kappa shape index (κ2) is 10.9. The summed E-state index contributed by atoms with van der Waals surface area (Å²) >= 11 is 0. The van der Waals surface area contributed by atoms with Crippen LogP contribution in [-0.2, 0) is 12.8 Å². The molecule has 1 aliphatic rings. The lowest BCUT2D eigenvalue weighted by molar-refractivity contribution is 0.0683. The molecule has 0 bridgehead atoms. The second-order valence-corrected chi connectivity index (χ2v) is 8.80. The number of carbonyl (C=O) groups excluding carboxylic acids is 1. The largest absolute Gasteiger partial charge is 0.493 e. The topological polar surface area (TPSA) is 41.6 Å². The first-order valence-corrected chi connectivity index (χ1v) is 12.3. The molecule has 0 aromatic heterocycles. The Kier molecular flexibility index (Phi) is 7.09. The summed E-state index contributed by atoms with van der Waals surface area (Å²) in [4.78, 5) is 15.5. The molecule has 0 saturated heterocycles. The van der Waals surface area contributed by atoms with E-state index in [0.29, 0.717) is 18.7 Å². The summed E-state index contributed by atoms with van der Waals surface area (Å²) in [6, 6.07) is 36.6. The maximum atomic E-state index is 13.6. The molecule has 1 N–H and O–H groups in total. The highest BCUT2D eigenvalue weighted by molar-refractivity contribution is 6.01. The van der Waals surface area contributed by atoms with Gasteiger partial charge in [-0.25, -0.2) is 0 Å². The number of rotatable bonds is 9. The molecule has 1 heterocycles. The van der Waals surface area contributed by atoms with Gasteiger partial charge in [0.1, 0.15) is 11.9 Å². The third-order valence-corrected chi connectivity index (χ3v) is 6.43. The van der Waals surface area contributed by atoms with Crippen molar-refractivity contribution in [3.63, 3.8) is 0 Å². The van der Waals surface area contributed by atoms with Crippen molar-refractivity contribution in [2.45, 2.75) is 25.4 Å². The van der Waals surface area contributed by atoms with Gasteiger partial charge in [-0.1, -0.05) is 91.0 Å². The Bertz CT molecular complexity index is 1260. The number of hydrogen-bond donors (Lipinski definition) is 1. The highest BCUT2D eigenvalue weighted by atomic mass is 16.5. The van der Waals surface area contributed by atoms with Gasteiger partial charge in [-0.15, -0.1) is 0 Å². The van der Waals surface area contributed by atoms with Gasteiger partial charge in [-0.3, -0.25) is 4.79 Å². The van der Waals surface area contributed by atoms with Gasteiger partial charge in [-0.05, 0) is 48.6 Å². The van der Waals surface area contributed by atoms with Crippen LogP contribution in [0.25, 0.3) is 0 Å². The van der Waals surface area contributed by atoms with Crippen molar-refractivity contribution in [3.05, 3.63) is 131 Å². The molecule has 1 atom stereocenters. The highest BCUT2D eigenvalue weighted by Crippen LogP contribution is 2.37. The van der Waals surface area contributed by atoms with Gasteiger partial charge in [-0.2, -0.15) is 0 Å². The number of carbonyl (C=O) groups is 1. The highest BCUT2D eigenvalue weighted by Gasteiger charge is 2.34. The van der Waals surface area contributed by atoms with Crippen LogP contribution in [0.4, 0.5) is 5.69 Å². The lowest BCUT2D eigenvalue weighted by Gasteiger charge is -2.38. The van der Waals surface area contributed by atoms with Gasteiger partial charge in [0, 0.05) is 17.8 Å². The Morgan fingerprint density at radius 3 is 2.11 bits per heavy atom. The molecule has 4 nitrogen and oxygen atoms in total. The Balaban J connectivity index is 1.36. The van der Waals surface area contributed by atoms with Crippen molar-refractivity contribution in [2.24, 2.45) is 0 Å². The van der Waals surface area contributed by atoms with Crippen LogP contribution < -0.4 is 10.1 Å². The van der Waals surface area contributed by atoms with E-state index in [1.54, 1.807) is 0 Å². The van der Waals surface area contributed by atoms with E-state index in [9.17, 15) is 4.79 Å². The number of amides is 1. The van der Waals surface area contributed by atoms with Crippen molar-refractivity contribution in [1.82, 2.24) is 4.90 Å². The molecule has 0 radical (unpaired) electrons. The first-order chi connectivity index (χ1) is 17.3. The molecule has 4 aromatic carbocycles. The number of nitrogens with zero attached hydrogens (tertiary/aromatic N) is 1. The van der Waals surface area contributed by atoms with Crippen molar-refractivity contribution < 1.29 is 9.53 Å². The molecule has 4 aromatic rings. The van der Waals surface area contributed by atoms with Crippen LogP contribution in [0.3, 0.4) is 0 Å². The van der Waals surface area contributed by atoms with Crippen LogP contribution in [0.15, 0.2) is 109 Å². The molecular weight excluding hydrogens is 432 g/mol. The molecule has 0 fully saturated rings. The Hall–Kier alpha value is -4.05. The van der Waals surface area contributed by atoms with E-state index in [1.807, 2.05) is 71.6 Å². The number of ether oxygens (including phenoxy) is 1. The zero-order chi connectivity index (χ0) is 23.9. The number of hydrogen-bond acceptors (Lipinski definition) is 3. The molecule has 176 valence electrons.